The first-order valence-electron chi connectivity index (χ1n) is 8.02. The van der Waals surface area contributed by atoms with Crippen molar-refractivity contribution in [3.8, 4) is 11.5 Å². The van der Waals surface area contributed by atoms with Crippen LogP contribution in [0.3, 0.4) is 0 Å². The number of hydrogen-bond donors (Lipinski definition) is 0. The lowest BCUT2D eigenvalue weighted by molar-refractivity contribution is -0.134. The maximum Gasteiger partial charge on any atom is 0.310 e. The Hall–Kier alpha value is -2.29. The van der Waals surface area contributed by atoms with E-state index >= 15 is 0 Å². The van der Waals surface area contributed by atoms with Gasteiger partial charge in [0.1, 0.15) is 11.5 Å². The quantitative estimate of drug-likeness (QED) is 0.571. The normalized spacial score (nSPS) is 11.1. The number of carbonyl (C=O) groups is 1. The third-order valence-corrected chi connectivity index (χ3v) is 3.98. The molecule has 0 aliphatic carbocycles. The van der Waals surface area contributed by atoms with E-state index in [-0.39, 0.29) is 11.4 Å². The molecule has 0 aliphatic rings. The molecule has 0 atom stereocenters. The number of esters is 1. The van der Waals surface area contributed by atoms with Crippen molar-refractivity contribution in [3.63, 3.8) is 0 Å². The van der Waals surface area contributed by atoms with Crippen molar-refractivity contribution >= 4 is 5.97 Å². The SMILES string of the molecule is CCOc1ccc(C(C)(C)c2ccc(OC(=O)CC)cc2)cc1. The van der Waals surface area contributed by atoms with Crippen molar-refractivity contribution in [2.45, 2.75) is 39.5 Å². The van der Waals surface area contributed by atoms with Crippen LogP contribution in [0.15, 0.2) is 48.5 Å². The van der Waals surface area contributed by atoms with Gasteiger partial charge in [-0.2, -0.15) is 0 Å². The van der Waals surface area contributed by atoms with Crippen LogP contribution in [0.4, 0.5) is 0 Å². The summed E-state index contributed by atoms with van der Waals surface area (Å²) < 4.78 is 10.7. The standard InChI is InChI=1S/C20H24O3/c1-5-19(21)23-18-13-9-16(10-14-18)20(3,4)15-7-11-17(12-8-15)22-6-2/h7-14H,5-6H2,1-4H3. The number of hydrogen-bond acceptors (Lipinski definition) is 3. The second-order valence-electron chi connectivity index (χ2n) is 5.93. The highest BCUT2D eigenvalue weighted by Crippen LogP contribution is 2.33. The molecule has 2 rings (SSSR count). The highest BCUT2D eigenvalue weighted by atomic mass is 16.5. The van der Waals surface area contributed by atoms with Gasteiger partial charge in [-0.05, 0) is 42.3 Å². The number of carbonyl (C=O) groups excluding carboxylic acids is 1. The van der Waals surface area contributed by atoms with Crippen LogP contribution in [0, 0.1) is 0 Å². The van der Waals surface area contributed by atoms with Gasteiger partial charge < -0.3 is 9.47 Å². The molecule has 0 fully saturated rings. The molecule has 0 saturated heterocycles. The molecular weight excluding hydrogens is 288 g/mol. The Labute approximate surface area is 138 Å². The molecule has 2 aromatic rings. The van der Waals surface area contributed by atoms with Gasteiger partial charge >= 0.3 is 5.97 Å². The van der Waals surface area contributed by atoms with Crippen LogP contribution in [0.25, 0.3) is 0 Å². The summed E-state index contributed by atoms with van der Waals surface area (Å²) in [5.74, 6) is 1.25. The molecule has 0 aromatic heterocycles. The summed E-state index contributed by atoms with van der Waals surface area (Å²) >= 11 is 0. The zero-order valence-corrected chi connectivity index (χ0v) is 14.3. The fraction of sp³-hybridized carbons (Fsp3) is 0.350. The Morgan fingerprint density at radius 3 is 1.78 bits per heavy atom. The molecule has 0 aliphatic heterocycles. The lowest BCUT2D eigenvalue weighted by Gasteiger charge is -2.26. The van der Waals surface area contributed by atoms with Gasteiger partial charge in [0, 0.05) is 11.8 Å². The van der Waals surface area contributed by atoms with Crippen LogP contribution in [-0.2, 0) is 10.2 Å². The molecule has 0 unspecified atom stereocenters. The Morgan fingerprint density at radius 2 is 1.35 bits per heavy atom. The summed E-state index contributed by atoms with van der Waals surface area (Å²) in [5, 5.41) is 0. The van der Waals surface area contributed by atoms with Gasteiger partial charge in [-0.1, -0.05) is 45.0 Å². The zero-order chi connectivity index (χ0) is 16.9. The predicted octanol–water partition coefficient (Wildman–Crippen LogP) is 4.73. The van der Waals surface area contributed by atoms with Crippen LogP contribution in [0.5, 0.6) is 11.5 Å². The minimum Gasteiger partial charge on any atom is -0.494 e. The van der Waals surface area contributed by atoms with E-state index in [0.717, 1.165) is 11.3 Å². The Bertz CT molecular complexity index is 640. The molecule has 0 amide bonds. The molecule has 23 heavy (non-hydrogen) atoms. The molecule has 122 valence electrons. The van der Waals surface area contributed by atoms with Crippen molar-refractivity contribution in [2.24, 2.45) is 0 Å². The summed E-state index contributed by atoms with van der Waals surface area (Å²) in [6.45, 7) is 8.78. The third-order valence-electron chi connectivity index (χ3n) is 3.98. The minimum atomic E-state index is -0.219. The molecule has 0 bridgehead atoms. The van der Waals surface area contributed by atoms with E-state index in [2.05, 4.69) is 26.0 Å². The van der Waals surface area contributed by atoms with Crippen molar-refractivity contribution in [2.75, 3.05) is 6.61 Å². The Balaban J connectivity index is 2.19. The van der Waals surface area contributed by atoms with Crippen LogP contribution in [0.1, 0.15) is 45.2 Å². The summed E-state index contributed by atoms with van der Waals surface area (Å²) in [4.78, 5) is 11.3. The molecule has 2 aromatic carbocycles. The fourth-order valence-corrected chi connectivity index (χ4v) is 2.44. The third kappa shape index (κ3) is 4.13. The van der Waals surface area contributed by atoms with Crippen LogP contribution in [0.2, 0.25) is 0 Å². The van der Waals surface area contributed by atoms with E-state index < -0.39 is 0 Å². The van der Waals surface area contributed by atoms with E-state index in [1.807, 2.05) is 43.3 Å². The highest BCUT2D eigenvalue weighted by molar-refractivity contribution is 5.71. The van der Waals surface area contributed by atoms with Crippen LogP contribution in [-0.4, -0.2) is 12.6 Å². The molecular formula is C20H24O3. The monoisotopic (exact) mass is 312 g/mol. The predicted molar refractivity (Wildman–Crippen MR) is 92.1 cm³/mol. The average Bonchev–Trinajstić information content (AvgIpc) is 2.56. The first kappa shape index (κ1) is 17.1. The van der Waals surface area contributed by atoms with Gasteiger partial charge in [-0.3, -0.25) is 4.79 Å². The average molecular weight is 312 g/mol. The molecule has 0 spiro atoms. The van der Waals surface area contributed by atoms with Crippen molar-refractivity contribution < 1.29 is 14.3 Å². The van der Waals surface area contributed by atoms with Gasteiger partial charge in [0.25, 0.3) is 0 Å². The maximum atomic E-state index is 11.3. The fourth-order valence-electron chi connectivity index (χ4n) is 2.44. The van der Waals surface area contributed by atoms with Crippen molar-refractivity contribution in [1.82, 2.24) is 0 Å². The van der Waals surface area contributed by atoms with Crippen LogP contribution >= 0.6 is 0 Å². The largest absolute Gasteiger partial charge is 0.494 e. The number of rotatable bonds is 6. The first-order chi connectivity index (χ1) is 11.0. The van der Waals surface area contributed by atoms with E-state index in [1.165, 1.54) is 5.56 Å². The lowest BCUT2D eigenvalue weighted by Crippen LogP contribution is -2.18. The molecule has 0 saturated carbocycles. The van der Waals surface area contributed by atoms with Gasteiger partial charge in [0.2, 0.25) is 0 Å². The van der Waals surface area contributed by atoms with Gasteiger partial charge in [0.05, 0.1) is 6.61 Å². The molecule has 0 radical (unpaired) electrons. The molecule has 3 heteroatoms. The maximum absolute atomic E-state index is 11.3. The molecule has 3 nitrogen and oxygen atoms in total. The number of benzene rings is 2. The second kappa shape index (κ2) is 7.32. The Morgan fingerprint density at radius 1 is 0.870 bits per heavy atom. The zero-order valence-electron chi connectivity index (χ0n) is 14.3. The molecule has 0 heterocycles. The van der Waals surface area contributed by atoms with E-state index in [4.69, 9.17) is 9.47 Å². The topological polar surface area (TPSA) is 35.5 Å². The van der Waals surface area contributed by atoms with Crippen LogP contribution < -0.4 is 9.47 Å². The summed E-state index contributed by atoms with van der Waals surface area (Å²) in [7, 11) is 0. The van der Waals surface area contributed by atoms with Crippen molar-refractivity contribution in [3.05, 3.63) is 59.7 Å². The van der Waals surface area contributed by atoms with E-state index in [0.29, 0.717) is 18.8 Å². The first-order valence-corrected chi connectivity index (χ1v) is 8.02. The minimum absolute atomic E-state index is 0.141. The lowest BCUT2D eigenvalue weighted by atomic mass is 9.78. The second-order valence-corrected chi connectivity index (χ2v) is 5.93. The van der Waals surface area contributed by atoms with Gasteiger partial charge in [0.15, 0.2) is 0 Å². The summed E-state index contributed by atoms with van der Waals surface area (Å²) in [5.41, 5.74) is 2.23. The van der Waals surface area contributed by atoms with Gasteiger partial charge in [-0.25, -0.2) is 0 Å². The molecule has 0 N–H and O–H groups in total. The van der Waals surface area contributed by atoms with Crippen molar-refractivity contribution in [1.29, 1.82) is 0 Å². The Kier molecular flexibility index (Phi) is 5.43. The van der Waals surface area contributed by atoms with Gasteiger partial charge in [-0.15, -0.1) is 0 Å². The smallest absolute Gasteiger partial charge is 0.310 e. The summed E-state index contributed by atoms with van der Waals surface area (Å²) in [6.07, 6.45) is 0.374. The summed E-state index contributed by atoms with van der Waals surface area (Å²) in [6, 6.07) is 15.9. The number of ether oxygens (including phenoxy) is 2. The van der Waals surface area contributed by atoms with E-state index in [9.17, 15) is 4.79 Å². The highest BCUT2D eigenvalue weighted by Gasteiger charge is 2.23. The van der Waals surface area contributed by atoms with E-state index in [1.54, 1.807) is 6.92 Å².